The minimum Gasteiger partial charge on any atom is -0.462 e. The van der Waals surface area contributed by atoms with Crippen LogP contribution >= 0.6 is 0 Å². The van der Waals surface area contributed by atoms with Gasteiger partial charge < -0.3 is 24.8 Å². The van der Waals surface area contributed by atoms with Crippen LogP contribution in [0.15, 0.2) is 24.3 Å². The lowest BCUT2D eigenvalue weighted by Crippen LogP contribution is -2.49. The molecule has 2 N–H and O–H groups in total. The third kappa shape index (κ3) is 9.43. The lowest BCUT2D eigenvalue weighted by Gasteiger charge is -2.27. The van der Waals surface area contributed by atoms with Crippen LogP contribution in [-0.4, -0.2) is 48.4 Å². The molecule has 1 rings (SSSR count). The van der Waals surface area contributed by atoms with E-state index in [0.717, 1.165) is 0 Å². The third-order valence-corrected chi connectivity index (χ3v) is 3.35. The summed E-state index contributed by atoms with van der Waals surface area (Å²) in [7, 11) is 0. The smallest absolute Gasteiger partial charge is 0.340 e. The third-order valence-electron chi connectivity index (χ3n) is 3.35. The maximum atomic E-state index is 12.5. The number of hydrogen-bond donors (Lipinski definition) is 2. The molecule has 0 aliphatic heterocycles. The number of anilines is 1. The van der Waals surface area contributed by atoms with Crippen molar-refractivity contribution in [2.75, 3.05) is 18.5 Å². The first-order valence-electron chi connectivity index (χ1n) is 9.53. The summed E-state index contributed by atoms with van der Waals surface area (Å²) in [5.41, 5.74) is -0.743. The van der Waals surface area contributed by atoms with E-state index in [1.54, 1.807) is 52.0 Å². The molecule has 0 aromatic heterocycles. The second-order valence-electron chi connectivity index (χ2n) is 8.37. The normalized spacial score (nSPS) is 12.7. The highest BCUT2D eigenvalue weighted by molar-refractivity contribution is 6.01. The molecule has 29 heavy (non-hydrogen) atoms. The number of hydrogen-bond acceptors (Lipinski definition) is 6. The largest absolute Gasteiger partial charge is 0.462 e. The maximum Gasteiger partial charge on any atom is 0.340 e. The Morgan fingerprint density at radius 2 is 1.62 bits per heavy atom. The fraction of sp³-hybridized carbons (Fsp3) is 0.571. The molecule has 162 valence electrons. The van der Waals surface area contributed by atoms with Crippen molar-refractivity contribution in [3.8, 4) is 0 Å². The van der Waals surface area contributed by atoms with Crippen LogP contribution in [0.2, 0.25) is 0 Å². The van der Waals surface area contributed by atoms with Crippen LogP contribution < -0.4 is 10.6 Å². The van der Waals surface area contributed by atoms with Gasteiger partial charge in [0, 0.05) is 0 Å². The van der Waals surface area contributed by atoms with Crippen LogP contribution in [0, 0.1) is 0 Å². The van der Waals surface area contributed by atoms with Crippen LogP contribution in [0.1, 0.15) is 58.8 Å². The lowest BCUT2D eigenvalue weighted by molar-refractivity contribution is -0.160. The van der Waals surface area contributed by atoms with Gasteiger partial charge in [-0.15, -0.1) is 0 Å². The summed E-state index contributed by atoms with van der Waals surface area (Å²) in [6.07, 6.45) is 0. The van der Waals surface area contributed by atoms with Crippen molar-refractivity contribution in [2.45, 2.75) is 65.7 Å². The van der Waals surface area contributed by atoms with Gasteiger partial charge in [0.05, 0.1) is 30.1 Å². The number of rotatable bonds is 7. The van der Waals surface area contributed by atoms with Crippen molar-refractivity contribution in [2.24, 2.45) is 0 Å². The van der Waals surface area contributed by atoms with Gasteiger partial charge >= 0.3 is 18.0 Å². The molecule has 0 radical (unpaired) electrons. The molecule has 0 saturated carbocycles. The van der Waals surface area contributed by atoms with Gasteiger partial charge in [-0.1, -0.05) is 12.1 Å². The Bertz CT molecular complexity index is 719. The quantitative estimate of drug-likeness (QED) is 0.669. The molecule has 1 aromatic carbocycles. The second-order valence-corrected chi connectivity index (χ2v) is 8.37. The van der Waals surface area contributed by atoms with Crippen LogP contribution in [0.4, 0.5) is 10.5 Å². The Morgan fingerprint density at radius 3 is 2.17 bits per heavy atom. The second kappa shape index (κ2) is 10.2. The number of esters is 2. The molecular formula is C21H32N2O6. The summed E-state index contributed by atoms with van der Waals surface area (Å²) in [4.78, 5) is 37.1. The minimum atomic E-state index is -1.02. The predicted molar refractivity (Wildman–Crippen MR) is 110 cm³/mol. The molecule has 0 spiro atoms. The molecule has 1 aromatic rings. The van der Waals surface area contributed by atoms with Gasteiger partial charge in [0.25, 0.3) is 0 Å². The summed E-state index contributed by atoms with van der Waals surface area (Å²) < 4.78 is 16.0. The summed E-state index contributed by atoms with van der Waals surface area (Å²) in [5, 5.41) is 5.14. The molecular weight excluding hydrogens is 376 g/mol. The number of para-hydroxylation sites is 1. The van der Waals surface area contributed by atoms with Crippen LogP contribution in [0.3, 0.4) is 0 Å². The first-order chi connectivity index (χ1) is 13.3. The highest BCUT2D eigenvalue weighted by Crippen LogP contribution is 2.17. The number of urea groups is 1. The average Bonchev–Trinajstić information content (AvgIpc) is 2.56. The highest BCUT2D eigenvalue weighted by Gasteiger charge is 2.29. The van der Waals surface area contributed by atoms with Gasteiger partial charge in [-0.25, -0.2) is 14.4 Å². The molecule has 0 heterocycles. The van der Waals surface area contributed by atoms with Crippen molar-refractivity contribution in [3.63, 3.8) is 0 Å². The fourth-order valence-electron chi connectivity index (χ4n) is 2.17. The van der Waals surface area contributed by atoms with E-state index in [0.29, 0.717) is 0 Å². The van der Waals surface area contributed by atoms with Crippen molar-refractivity contribution in [1.29, 1.82) is 0 Å². The van der Waals surface area contributed by atoms with Crippen molar-refractivity contribution >= 4 is 23.7 Å². The van der Waals surface area contributed by atoms with Crippen LogP contribution in [0.25, 0.3) is 0 Å². The molecule has 0 saturated heterocycles. The molecule has 1 atom stereocenters. The summed E-state index contributed by atoms with van der Waals surface area (Å²) in [5.74, 6) is -1.17. The van der Waals surface area contributed by atoms with E-state index in [1.807, 2.05) is 20.8 Å². The van der Waals surface area contributed by atoms with Crippen molar-refractivity contribution in [3.05, 3.63) is 29.8 Å². The molecule has 1 unspecified atom stereocenters. The van der Waals surface area contributed by atoms with E-state index in [9.17, 15) is 14.4 Å². The minimum absolute atomic E-state index is 0.0641. The van der Waals surface area contributed by atoms with Crippen LogP contribution in [-0.2, 0) is 19.0 Å². The van der Waals surface area contributed by atoms with E-state index < -0.39 is 35.2 Å². The van der Waals surface area contributed by atoms with Gasteiger partial charge in [-0.3, -0.25) is 0 Å². The highest BCUT2D eigenvalue weighted by atomic mass is 16.6. The molecule has 8 heteroatoms. The van der Waals surface area contributed by atoms with Crippen molar-refractivity contribution < 1.29 is 28.6 Å². The molecule has 0 aliphatic carbocycles. The number of ether oxygens (including phenoxy) is 3. The number of carbonyl (C=O) groups excluding carboxylic acids is 3. The maximum absolute atomic E-state index is 12.5. The number of amides is 2. The first-order valence-corrected chi connectivity index (χ1v) is 9.53. The van der Waals surface area contributed by atoms with E-state index in [4.69, 9.17) is 14.2 Å². The lowest BCUT2D eigenvalue weighted by atomic mass is 10.1. The summed E-state index contributed by atoms with van der Waals surface area (Å²) in [6, 6.07) is 4.75. The van der Waals surface area contributed by atoms with Gasteiger partial charge in [-0.05, 0) is 60.6 Å². The Kier molecular flexibility index (Phi) is 8.63. The molecule has 0 bridgehead atoms. The van der Waals surface area contributed by atoms with Gasteiger partial charge in [0.2, 0.25) is 0 Å². The number of carbonyl (C=O) groups is 3. The Balaban J connectivity index is 2.92. The standard InChI is InChI=1S/C21H32N2O6/c1-8-27-17(24)14-11-9-10-12-15(14)22-19(26)23-16(13-28-20(2,3)4)18(25)29-21(5,6)7/h9-12,16H,8,13H2,1-7H3,(H2,22,23,26). The van der Waals surface area contributed by atoms with Gasteiger partial charge in [0.1, 0.15) is 5.60 Å². The SMILES string of the molecule is CCOC(=O)c1ccccc1NC(=O)NC(COC(C)(C)C)C(=O)OC(C)(C)C. The Labute approximate surface area is 172 Å². The summed E-state index contributed by atoms with van der Waals surface area (Å²) >= 11 is 0. The van der Waals surface area contributed by atoms with Crippen LogP contribution in [0.5, 0.6) is 0 Å². The topological polar surface area (TPSA) is 103 Å². The van der Waals surface area contributed by atoms with E-state index >= 15 is 0 Å². The molecule has 2 amide bonds. The molecule has 0 aliphatic rings. The molecule has 8 nitrogen and oxygen atoms in total. The van der Waals surface area contributed by atoms with Gasteiger partial charge in [0.15, 0.2) is 6.04 Å². The zero-order chi connectivity index (χ0) is 22.2. The number of benzene rings is 1. The monoisotopic (exact) mass is 408 g/mol. The zero-order valence-electron chi connectivity index (χ0n) is 18.3. The van der Waals surface area contributed by atoms with E-state index in [2.05, 4.69) is 10.6 Å². The average molecular weight is 408 g/mol. The van der Waals surface area contributed by atoms with E-state index in [1.165, 1.54) is 0 Å². The van der Waals surface area contributed by atoms with Gasteiger partial charge in [-0.2, -0.15) is 0 Å². The summed E-state index contributed by atoms with van der Waals surface area (Å²) in [6.45, 7) is 12.6. The fourth-order valence-corrected chi connectivity index (χ4v) is 2.17. The van der Waals surface area contributed by atoms with Crippen molar-refractivity contribution in [1.82, 2.24) is 5.32 Å². The Morgan fingerprint density at radius 1 is 1.00 bits per heavy atom. The van der Waals surface area contributed by atoms with E-state index in [-0.39, 0.29) is 24.5 Å². The predicted octanol–water partition coefficient (Wildman–Crippen LogP) is 3.51. The zero-order valence-corrected chi connectivity index (χ0v) is 18.3. The first kappa shape index (κ1) is 24.4. The number of nitrogens with one attached hydrogen (secondary N) is 2. The molecule has 0 fully saturated rings. The Hall–Kier alpha value is -2.61.